The van der Waals surface area contributed by atoms with Crippen LogP contribution in [0.3, 0.4) is 0 Å². The molecule has 2 aromatic rings. The van der Waals surface area contributed by atoms with Crippen LogP contribution in [0.2, 0.25) is 10.2 Å². The van der Waals surface area contributed by atoms with Crippen LogP contribution in [0.1, 0.15) is 31.0 Å². The van der Waals surface area contributed by atoms with Crippen molar-refractivity contribution in [1.82, 2.24) is 9.97 Å². The van der Waals surface area contributed by atoms with E-state index in [-0.39, 0.29) is 0 Å². The summed E-state index contributed by atoms with van der Waals surface area (Å²) in [6.45, 7) is 0. The first-order chi connectivity index (χ1) is 7.75. The van der Waals surface area contributed by atoms with E-state index in [4.69, 9.17) is 23.2 Å². The van der Waals surface area contributed by atoms with Crippen LogP contribution in [0, 0.1) is 0 Å². The molecule has 1 heterocycles. The lowest BCUT2D eigenvalue weighted by atomic mass is 9.85. The van der Waals surface area contributed by atoms with Gasteiger partial charge in [0.2, 0.25) is 0 Å². The molecule has 1 saturated carbocycles. The van der Waals surface area contributed by atoms with Gasteiger partial charge in [-0.1, -0.05) is 35.7 Å². The molecule has 1 aliphatic carbocycles. The molecule has 0 unspecified atom stereocenters. The lowest BCUT2D eigenvalue weighted by Crippen LogP contribution is -2.12. The molecule has 1 aromatic heterocycles. The highest BCUT2D eigenvalue weighted by Gasteiger charge is 2.23. The molecule has 0 bridgehead atoms. The minimum atomic E-state index is 0.470. The van der Waals surface area contributed by atoms with Crippen LogP contribution in [0.5, 0.6) is 0 Å². The molecule has 2 nitrogen and oxygen atoms in total. The Morgan fingerprint density at radius 3 is 2.62 bits per heavy atom. The fraction of sp³-hybridized carbons (Fsp3) is 0.333. The summed E-state index contributed by atoms with van der Waals surface area (Å²) in [5, 5.41) is 1.84. The highest BCUT2D eigenvalue weighted by atomic mass is 35.5. The third-order valence-corrected chi connectivity index (χ3v) is 3.70. The Morgan fingerprint density at radius 1 is 1.12 bits per heavy atom. The summed E-state index contributed by atoms with van der Waals surface area (Å²) in [6, 6.07) is 5.62. The van der Waals surface area contributed by atoms with E-state index < -0.39 is 0 Å². The third-order valence-electron chi connectivity index (χ3n) is 3.12. The van der Waals surface area contributed by atoms with Crippen molar-refractivity contribution in [3.05, 3.63) is 34.2 Å². The van der Waals surface area contributed by atoms with Gasteiger partial charge < -0.3 is 0 Å². The standard InChI is InChI=1S/C12H10Cl2N2/c13-8-5-2-6-9-10(8)11(14)16-12(15-9)7-3-1-4-7/h2,5-7H,1,3-4H2. The van der Waals surface area contributed by atoms with E-state index in [0.29, 0.717) is 16.1 Å². The van der Waals surface area contributed by atoms with Gasteiger partial charge in [0.25, 0.3) is 0 Å². The van der Waals surface area contributed by atoms with Crippen LogP contribution in [-0.2, 0) is 0 Å². The highest BCUT2D eigenvalue weighted by Crippen LogP contribution is 2.37. The second-order valence-corrected chi connectivity index (χ2v) is 4.90. The minimum absolute atomic E-state index is 0.470. The van der Waals surface area contributed by atoms with Gasteiger partial charge in [0.15, 0.2) is 0 Å². The fourth-order valence-electron chi connectivity index (χ4n) is 1.96. The molecule has 82 valence electrons. The number of halogens is 2. The summed E-state index contributed by atoms with van der Waals surface area (Å²) in [4.78, 5) is 8.89. The number of hydrogen-bond acceptors (Lipinski definition) is 2. The maximum atomic E-state index is 6.16. The number of nitrogens with zero attached hydrogens (tertiary/aromatic N) is 2. The van der Waals surface area contributed by atoms with Gasteiger partial charge >= 0.3 is 0 Å². The molecule has 0 N–H and O–H groups in total. The number of benzene rings is 1. The molecule has 1 aliphatic rings. The molecule has 0 aliphatic heterocycles. The second-order valence-electron chi connectivity index (χ2n) is 4.13. The Kier molecular flexibility index (Phi) is 2.49. The smallest absolute Gasteiger partial charge is 0.142 e. The molecule has 0 saturated heterocycles. The van der Waals surface area contributed by atoms with Crippen LogP contribution in [0.15, 0.2) is 18.2 Å². The highest BCUT2D eigenvalue weighted by molar-refractivity contribution is 6.41. The summed E-state index contributed by atoms with van der Waals surface area (Å²) in [7, 11) is 0. The molecular weight excluding hydrogens is 243 g/mol. The Morgan fingerprint density at radius 2 is 1.94 bits per heavy atom. The first-order valence-electron chi connectivity index (χ1n) is 5.37. The van der Waals surface area contributed by atoms with Crippen LogP contribution in [0.4, 0.5) is 0 Å². The average Bonchev–Trinajstić information content (AvgIpc) is 2.14. The van der Waals surface area contributed by atoms with Gasteiger partial charge in [0.05, 0.1) is 15.9 Å². The van der Waals surface area contributed by atoms with Crippen molar-refractivity contribution in [2.24, 2.45) is 0 Å². The van der Waals surface area contributed by atoms with Crippen molar-refractivity contribution in [3.63, 3.8) is 0 Å². The third kappa shape index (κ3) is 1.57. The zero-order valence-corrected chi connectivity index (χ0v) is 10.1. The van der Waals surface area contributed by atoms with Gasteiger partial charge in [0, 0.05) is 5.92 Å². The molecule has 0 amide bonds. The van der Waals surface area contributed by atoms with E-state index in [0.717, 1.165) is 16.7 Å². The van der Waals surface area contributed by atoms with Crippen LogP contribution < -0.4 is 0 Å². The first-order valence-corrected chi connectivity index (χ1v) is 6.13. The zero-order valence-electron chi connectivity index (χ0n) is 8.58. The van der Waals surface area contributed by atoms with Crippen molar-refractivity contribution < 1.29 is 0 Å². The lowest BCUT2D eigenvalue weighted by Gasteiger charge is -2.24. The van der Waals surface area contributed by atoms with Gasteiger partial charge in [-0.25, -0.2) is 9.97 Å². The molecule has 0 atom stereocenters. The fourth-order valence-corrected chi connectivity index (χ4v) is 2.56. The van der Waals surface area contributed by atoms with Crippen LogP contribution in [0.25, 0.3) is 10.9 Å². The summed E-state index contributed by atoms with van der Waals surface area (Å²) < 4.78 is 0. The molecule has 3 rings (SSSR count). The predicted molar refractivity (Wildman–Crippen MR) is 66.2 cm³/mol. The summed E-state index contributed by atoms with van der Waals surface area (Å²) in [5.41, 5.74) is 0.842. The monoisotopic (exact) mass is 252 g/mol. The first kappa shape index (κ1) is 10.3. The lowest BCUT2D eigenvalue weighted by molar-refractivity contribution is 0.402. The summed E-state index contributed by atoms with van der Waals surface area (Å²) >= 11 is 12.2. The SMILES string of the molecule is Clc1cccc2nc(C3CCC3)nc(Cl)c12. The van der Waals surface area contributed by atoms with Gasteiger partial charge in [-0.05, 0) is 25.0 Å². The summed E-state index contributed by atoms with van der Waals surface area (Å²) in [5.74, 6) is 1.35. The normalized spacial score (nSPS) is 16.4. The largest absolute Gasteiger partial charge is 0.232 e. The van der Waals surface area contributed by atoms with E-state index >= 15 is 0 Å². The topological polar surface area (TPSA) is 25.8 Å². The maximum Gasteiger partial charge on any atom is 0.142 e. The van der Waals surface area contributed by atoms with E-state index in [1.54, 1.807) is 0 Å². The summed E-state index contributed by atoms with van der Waals surface area (Å²) in [6.07, 6.45) is 3.60. The van der Waals surface area contributed by atoms with Crippen molar-refractivity contribution in [2.75, 3.05) is 0 Å². The molecule has 4 heteroatoms. The Labute approximate surface area is 104 Å². The van der Waals surface area contributed by atoms with Gasteiger partial charge in [-0.2, -0.15) is 0 Å². The number of hydrogen-bond donors (Lipinski definition) is 0. The molecule has 1 fully saturated rings. The van der Waals surface area contributed by atoms with E-state index in [9.17, 15) is 0 Å². The van der Waals surface area contributed by atoms with E-state index in [1.165, 1.54) is 19.3 Å². The van der Waals surface area contributed by atoms with Crippen molar-refractivity contribution in [1.29, 1.82) is 0 Å². The van der Waals surface area contributed by atoms with Crippen molar-refractivity contribution in [3.8, 4) is 0 Å². The maximum absolute atomic E-state index is 6.16. The van der Waals surface area contributed by atoms with Crippen LogP contribution >= 0.6 is 23.2 Å². The van der Waals surface area contributed by atoms with Crippen molar-refractivity contribution in [2.45, 2.75) is 25.2 Å². The predicted octanol–water partition coefficient (Wildman–Crippen LogP) is 4.20. The minimum Gasteiger partial charge on any atom is -0.232 e. The van der Waals surface area contributed by atoms with Gasteiger partial charge in [0.1, 0.15) is 11.0 Å². The number of aromatic nitrogens is 2. The number of fused-ring (bicyclic) bond motifs is 1. The Bertz CT molecular complexity index is 550. The molecule has 1 aromatic carbocycles. The van der Waals surface area contributed by atoms with Crippen LogP contribution in [-0.4, -0.2) is 9.97 Å². The molecule has 0 spiro atoms. The molecular formula is C12H10Cl2N2. The van der Waals surface area contributed by atoms with Gasteiger partial charge in [-0.15, -0.1) is 0 Å². The zero-order chi connectivity index (χ0) is 11.1. The Hall–Kier alpha value is -0.860. The molecule has 0 radical (unpaired) electrons. The van der Waals surface area contributed by atoms with E-state index in [2.05, 4.69) is 9.97 Å². The molecule has 16 heavy (non-hydrogen) atoms. The van der Waals surface area contributed by atoms with Crippen molar-refractivity contribution >= 4 is 34.1 Å². The Balaban J connectivity index is 2.21. The second kappa shape index (κ2) is 3.86. The van der Waals surface area contributed by atoms with E-state index in [1.807, 2.05) is 18.2 Å². The quantitative estimate of drug-likeness (QED) is 0.711. The van der Waals surface area contributed by atoms with Gasteiger partial charge in [-0.3, -0.25) is 0 Å². The number of rotatable bonds is 1. The average molecular weight is 253 g/mol.